The molecule has 0 aliphatic heterocycles. The summed E-state index contributed by atoms with van der Waals surface area (Å²) in [5.41, 5.74) is 5.40. The molecular formula is C26H31N3O6Y-2. The average molecular weight is 570 g/mol. The molecule has 9 nitrogen and oxygen atoms in total. The maximum absolute atomic E-state index is 13.9. The summed E-state index contributed by atoms with van der Waals surface area (Å²) in [5, 5.41) is 34.1. The molecule has 1 aromatic rings. The maximum Gasteiger partial charge on any atom is 0.255 e. The first-order chi connectivity index (χ1) is 16.3. The van der Waals surface area contributed by atoms with E-state index in [1.807, 2.05) is 25.1 Å². The number of fused-ring (bicyclic) bond motifs is 3. The number of anilines is 1. The van der Waals surface area contributed by atoms with Gasteiger partial charge >= 0.3 is 0 Å². The quantitative estimate of drug-likeness (QED) is 0.309. The number of carbonyl (C=O) groups excluding carboxylic acids is 3. The summed E-state index contributed by atoms with van der Waals surface area (Å²) >= 11 is 0. The second-order valence-corrected chi connectivity index (χ2v) is 9.99. The molecule has 1 aromatic carbocycles. The number of aliphatic hydroxyl groups is 3. The smallest absolute Gasteiger partial charge is 0.255 e. The van der Waals surface area contributed by atoms with Crippen molar-refractivity contribution in [1.82, 2.24) is 4.90 Å². The van der Waals surface area contributed by atoms with Gasteiger partial charge in [0.1, 0.15) is 17.1 Å². The molecule has 0 heterocycles. The predicted molar refractivity (Wildman–Crippen MR) is 130 cm³/mol. The van der Waals surface area contributed by atoms with E-state index in [1.54, 1.807) is 14.1 Å². The largest absolute Gasteiger partial charge is 0.508 e. The number of amides is 1. The van der Waals surface area contributed by atoms with Crippen molar-refractivity contribution in [2.24, 2.45) is 17.6 Å². The minimum absolute atomic E-state index is 0. The summed E-state index contributed by atoms with van der Waals surface area (Å²) in [6, 6.07) is 0.845. The molecule has 0 bridgehead atoms. The van der Waals surface area contributed by atoms with Crippen molar-refractivity contribution < 1.29 is 62.4 Å². The molecular weight excluding hydrogens is 539 g/mol. The van der Waals surface area contributed by atoms with Crippen molar-refractivity contribution >= 4 is 28.9 Å². The molecule has 1 radical (unpaired) electrons. The normalized spacial score (nSPS) is 27.4. The first-order valence-corrected chi connectivity index (χ1v) is 11.4. The second-order valence-electron chi connectivity index (χ2n) is 9.99. The molecule has 0 spiro atoms. The number of hydrogen-bond acceptors (Lipinski definition) is 8. The van der Waals surface area contributed by atoms with Crippen LogP contribution in [0.3, 0.4) is 0 Å². The molecule has 0 saturated heterocycles. The monoisotopic (exact) mass is 570 g/mol. The minimum Gasteiger partial charge on any atom is -0.508 e. The zero-order valence-electron chi connectivity index (χ0n) is 21.0. The van der Waals surface area contributed by atoms with Gasteiger partial charge in [0.25, 0.3) is 5.91 Å². The molecule has 0 aromatic heterocycles. The fourth-order valence-corrected chi connectivity index (χ4v) is 6.12. The van der Waals surface area contributed by atoms with Gasteiger partial charge < -0.3 is 32.9 Å². The number of nitrogens with zero attached hydrogens (tertiary/aromatic N) is 2. The number of likely N-dealkylation sites (N-methyl/N-ethyl adjacent to an activating group) is 1. The van der Waals surface area contributed by atoms with Crippen molar-refractivity contribution in [3.8, 4) is 0 Å². The van der Waals surface area contributed by atoms with Crippen LogP contribution in [0.4, 0.5) is 5.69 Å². The van der Waals surface area contributed by atoms with Gasteiger partial charge in [0.2, 0.25) is 5.78 Å². The van der Waals surface area contributed by atoms with Gasteiger partial charge in [-0.2, -0.15) is 18.1 Å². The van der Waals surface area contributed by atoms with E-state index >= 15 is 0 Å². The first-order valence-electron chi connectivity index (χ1n) is 11.4. The Bertz CT molecular complexity index is 1230. The number of carbonyl (C=O) groups is 3. The van der Waals surface area contributed by atoms with E-state index in [0.717, 1.165) is 11.3 Å². The maximum atomic E-state index is 13.9. The number of aliphatic hydroxyl groups excluding tert-OH is 2. The van der Waals surface area contributed by atoms with Gasteiger partial charge in [-0.25, -0.2) is 6.42 Å². The summed E-state index contributed by atoms with van der Waals surface area (Å²) in [6.07, 6.45) is 0.798. The Morgan fingerprint density at radius 3 is 2.33 bits per heavy atom. The van der Waals surface area contributed by atoms with Gasteiger partial charge in [0, 0.05) is 58.3 Å². The van der Waals surface area contributed by atoms with Crippen LogP contribution in [0.25, 0.3) is 5.76 Å². The minimum atomic E-state index is -2.58. The molecule has 4 atom stereocenters. The molecule has 1 saturated carbocycles. The van der Waals surface area contributed by atoms with Gasteiger partial charge in [-0.15, -0.1) is 6.07 Å². The van der Waals surface area contributed by atoms with Crippen LogP contribution >= 0.6 is 0 Å². The summed E-state index contributed by atoms with van der Waals surface area (Å²) in [6.45, 7) is 8.03. The first kappa shape index (κ1) is 28.4. The van der Waals surface area contributed by atoms with Crippen LogP contribution in [0.1, 0.15) is 28.7 Å². The standard InChI is InChI=1S/C26H31N3O6.Y/c1-7-13-11(2)8-16(28(3)4)14-9-12-10-15-20(29(5)6)22(31)19(25(27)34)24(33)26(15,35)23(32)17(12)21(30)18(13)14;/h8,12,15,20,30,33,35H,1-2,7,9-10H2,3-6H3,(H2,27,34);/q-2;/t12?,15-,20-,26?;/m0./s1. The Morgan fingerprint density at radius 2 is 1.83 bits per heavy atom. The Morgan fingerprint density at radius 1 is 1.22 bits per heavy atom. The Kier molecular flexibility index (Phi) is 7.56. The molecule has 4 rings (SSSR count). The summed E-state index contributed by atoms with van der Waals surface area (Å²) < 4.78 is 0. The molecule has 3 aliphatic rings. The molecule has 3 aliphatic carbocycles. The van der Waals surface area contributed by atoms with Crippen LogP contribution in [-0.4, -0.2) is 77.5 Å². The van der Waals surface area contributed by atoms with E-state index in [9.17, 15) is 29.7 Å². The van der Waals surface area contributed by atoms with Crippen LogP contribution in [0.15, 0.2) is 23.0 Å². The number of primary amides is 1. The molecule has 191 valence electrons. The van der Waals surface area contributed by atoms with Crippen LogP contribution in [-0.2, 0) is 59.9 Å². The van der Waals surface area contributed by atoms with E-state index in [2.05, 4.69) is 13.8 Å². The molecule has 1 fully saturated rings. The zero-order chi connectivity index (χ0) is 26.1. The number of nitrogens with two attached hydrogens (primary N) is 1. The van der Waals surface area contributed by atoms with Crippen LogP contribution < -0.4 is 10.6 Å². The predicted octanol–water partition coefficient (Wildman–Crippen LogP) is 0.881. The third-order valence-electron chi connectivity index (χ3n) is 7.66. The summed E-state index contributed by atoms with van der Waals surface area (Å²) in [7, 11) is 6.92. The Hall–Kier alpha value is -2.20. The molecule has 1 amide bonds. The van der Waals surface area contributed by atoms with E-state index in [1.165, 1.54) is 4.90 Å². The number of Topliss-reactive ketones (excluding diaryl/α,β-unsaturated/α-hetero) is 2. The molecule has 5 N–H and O–H groups in total. The number of hydrogen-bond donors (Lipinski definition) is 4. The molecule has 10 heteroatoms. The fourth-order valence-electron chi connectivity index (χ4n) is 6.12. The van der Waals surface area contributed by atoms with Crippen molar-refractivity contribution in [3.05, 3.63) is 59.1 Å². The van der Waals surface area contributed by atoms with Crippen LogP contribution in [0, 0.1) is 25.7 Å². The Balaban J connectivity index is 0.00000361. The van der Waals surface area contributed by atoms with Gasteiger partial charge in [0.05, 0.1) is 6.04 Å². The number of ketones is 2. The molecule has 36 heavy (non-hydrogen) atoms. The van der Waals surface area contributed by atoms with Crippen molar-refractivity contribution in [3.63, 3.8) is 0 Å². The fraction of sp³-hybridized carbons (Fsp3) is 0.423. The van der Waals surface area contributed by atoms with E-state index < -0.39 is 52.3 Å². The topological polar surface area (TPSA) is 144 Å². The number of benzene rings is 1. The van der Waals surface area contributed by atoms with E-state index in [0.29, 0.717) is 29.5 Å². The van der Waals surface area contributed by atoms with Crippen molar-refractivity contribution in [1.29, 1.82) is 0 Å². The van der Waals surface area contributed by atoms with E-state index in [-0.39, 0.29) is 50.5 Å². The third kappa shape index (κ3) is 3.74. The van der Waals surface area contributed by atoms with Gasteiger partial charge in [0.15, 0.2) is 11.4 Å². The molecule has 2 unspecified atom stereocenters. The Labute approximate surface area is 235 Å². The number of rotatable bonds is 4. The van der Waals surface area contributed by atoms with E-state index in [4.69, 9.17) is 5.73 Å². The third-order valence-corrected chi connectivity index (χ3v) is 7.66. The van der Waals surface area contributed by atoms with Gasteiger partial charge in [-0.05, 0) is 49.7 Å². The summed E-state index contributed by atoms with van der Waals surface area (Å²) in [5.74, 6) is -5.84. The van der Waals surface area contributed by atoms with Crippen molar-refractivity contribution in [2.45, 2.75) is 30.9 Å². The second kappa shape index (κ2) is 9.60. The van der Waals surface area contributed by atoms with Crippen molar-refractivity contribution in [2.75, 3.05) is 33.1 Å². The van der Waals surface area contributed by atoms with Gasteiger partial charge in [-0.3, -0.25) is 19.3 Å². The zero-order valence-corrected chi connectivity index (χ0v) is 23.8. The van der Waals surface area contributed by atoms with Crippen LogP contribution in [0.2, 0.25) is 0 Å². The summed E-state index contributed by atoms with van der Waals surface area (Å²) in [4.78, 5) is 42.5. The average Bonchev–Trinajstić information content (AvgIpc) is 2.75. The van der Waals surface area contributed by atoms with Gasteiger partial charge in [-0.1, -0.05) is 0 Å². The van der Waals surface area contributed by atoms with Crippen LogP contribution in [0.5, 0.6) is 0 Å². The SMILES string of the molecule is [CH2-]Cc1c([CH2-])cc(N(C)C)c2c1C(O)=C1C(=O)C3(O)C(O)=C(C(N)=O)C(=O)[C@@H](N(C)C)[C@@H]3CC1C2.[Y].